The maximum absolute atomic E-state index is 5.69. The third-order valence-electron chi connectivity index (χ3n) is 3.46. The Labute approximate surface area is 91.3 Å². The Kier molecular flexibility index (Phi) is 2.80. The zero-order valence-corrected chi connectivity index (χ0v) is 9.48. The SMILES string of the molecule is CC1CCN(c2ccnc(N)c2)CC1C. The number of piperidine rings is 1. The molecule has 0 radical (unpaired) electrons. The quantitative estimate of drug-likeness (QED) is 0.763. The maximum atomic E-state index is 5.69. The summed E-state index contributed by atoms with van der Waals surface area (Å²) in [5.74, 6) is 2.20. The van der Waals surface area contributed by atoms with Gasteiger partial charge in [-0.2, -0.15) is 0 Å². The summed E-state index contributed by atoms with van der Waals surface area (Å²) in [7, 11) is 0. The molecule has 2 heterocycles. The lowest BCUT2D eigenvalue weighted by molar-refractivity contribution is 0.324. The molecular weight excluding hydrogens is 186 g/mol. The van der Waals surface area contributed by atoms with Crippen molar-refractivity contribution in [1.82, 2.24) is 4.98 Å². The molecule has 0 aliphatic carbocycles. The molecule has 1 aromatic rings. The number of nitrogens with zero attached hydrogens (tertiary/aromatic N) is 2. The lowest BCUT2D eigenvalue weighted by Crippen LogP contribution is -2.38. The molecule has 2 unspecified atom stereocenters. The average molecular weight is 205 g/mol. The normalized spacial score (nSPS) is 26.7. The van der Waals surface area contributed by atoms with Crippen LogP contribution < -0.4 is 10.6 Å². The minimum Gasteiger partial charge on any atom is -0.384 e. The van der Waals surface area contributed by atoms with Gasteiger partial charge in [0, 0.05) is 31.0 Å². The van der Waals surface area contributed by atoms with Crippen molar-refractivity contribution in [3.05, 3.63) is 18.3 Å². The van der Waals surface area contributed by atoms with Crippen LogP contribution in [0.1, 0.15) is 20.3 Å². The number of rotatable bonds is 1. The first-order chi connectivity index (χ1) is 7.16. The molecule has 1 aliphatic rings. The summed E-state index contributed by atoms with van der Waals surface area (Å²) in [6.07, 6.45) is 3.05. The van der Waals surface area contributed by atoms with Crippen LogP contribution in [0.15, 0.2) is 18.3 Å². The Morgan fingerprint density at radius 2 is 2.20 bits per heavy atom. The topological polar surface area (TPSA) is 42.2 Å². The van der Waals surface area contributed by atoms with Gasteiger partial charge in [0.25, 0.3) is 0 Å². The first-order valence-electron chi connectivity index (χ1n) is 5.63. The number of aromatic nitrogens is 1. The highest BCUT2D eigenvalue weighted by Crippen LogP contribution is 2.27. The smallest absolute Gasteiger partial charge is 0.125 e. The van der Waals surface area contributed by atoms with Crippen LogP contribution >= 0.6 is 0 Å². The number of anilines is 2. The zero-order chi connectivity index (χ0) is 10.8. The predicted molar refractivity (Wildman–Crippen MR) is 63.8 cm³/mol. The van der Waals surface area contributed by atoms with E-state index in [1.165, 1.54) is 12.1 Å². The number of hydrogen-bond donors (Lipinski definition) is 1. The molecule has 0 aromatic carbocycles. The van der Waals surface area contributed by atoms with E-state index >= 15 is 0 Å². The van der Waals surface area contributed by atoms with E-state index in [4.69, 9.17) is 5.73 Å². The maximum Gasteiger partial charge on any atom is 0.125 e. The summed E-state index contributed by atoms with van der Waals surface area (Å²) in [6, 6.07) is 4.00. The summed E-state index contributed by atoms with van der Waals surface area (Å²) in [5, 5.41) is 0. The molecule has 3 heteroatoms. The summed E-state index contributed by atoms with van der Waals surface area (Å²) >= 11 is 0. The Morgan fingerprint density at radius 1 is 1.40 bits per heavy atom. The van der Waals surface area contributed by atoms with Crippen molar-refractivity contribution in [2.45, 2.75) is 20.3 Å². The second kappa shape index (κ2) is 4.09. The second-order valence-electron chi connectivity index (χ2n) is 4.63. The van der Waals surface area contributed by atoms with Crippen molar-refractivity contribution >= 4 is 11.5 Å². The molecule has 1 aromatic heterocycles. The Balaban J connectivity index is 2.12. The van der Waals surface area contributed by atoms with Gasteiger partial charge < -0.3 is 10.6 Å². The highest BCUT2D eigenvalue weighted by Gasteiger charge is 2.22. The second-order valence-corrected chi connectivity index (χ2v) is 4.63. The van der Waals surface area contributed by atoms with E-state index in [1.807, 2.05) is 12.1 Å². The molecule has 0 spiro atoms. The van der Waals surface area contributed by atoms with Crippen molar-refractivity contribution in [3.8, 4) is 0 Å². The fourth-order valence-corrected chi connectivity index (χ4v) is 2.13. The van der Waals surface area contributed by atoms with Crippen LogP contribution in [0.4, 0.5) is 11.5 Å². The number of nitrogens with two attached hydrogens (primary N) is 1. The average Bonchev–Trinajstić information content (AvgIpc) is 2.22. The fraction of sp³-hybridized carbons (Fsp3) is 0.583. The van der Waals surface area contributed by atoms with E-state index in [0.717, 1.165) is 24.9 Å². The van der Waals surface area contributed by atoms with Gasteiger partial charge in [0.05, 0.1) is 0 Å². The largest absolute Gasteiger partial charge is 0.384 e. The fourth-order valence-electron chi connectivity index (χ4n) is 2.13. The lowest BCUT2D eigenvalue weighted by Gasteiger charge is -2.36. The van der Waals surface area contributed by atoms with Gasteiger partial charge in [-0.1, -0.05) is 13.8 Å². The summed E-state index contributed by atoms with van der Waals surface area (Å²) in [6.45, 7) is 6.92. The van der Waals surface area contributed by atoms with E-state index < -0.39 is 0 Å². The molecule has 3 nitrogen and oxygen atoms in total. The van der Waals surface area contributed by atoms with Gasteiger partial charge in [0.15, 0.2) is 0 Å². The van der Waals surface area contributed by atoms with Gasteiger partial charge in [-0.15, -0.1) is 0 Å². The van der Waals surface area contributed by atoms with E-state index in [9.17, 15) is 0 Å². The lowest BCUT2D eigenvalue weighted by atomic mass is 9.88. The van der Waals surface area contributed by atoms with E-state index in [1.54, 1.807) is 6.20 Å². The van der Waals surface area contributed by atoms with E-state index in [0.29, 0.717) is 5.82 Å². The van der Waals surface area contributed by atoms with Gasteiger partial charge in [0.1, 0.15) is 5.82 Å². The molecule has 2 rings (SSSR count). The molecule has 2 N–H and O–H groups in total. The summed E-state index contributed by atoms with van der Waals surface area (Å²) in [5.41, 5.74) is 6.90. The molecule has 82 valence electrons. The number of nitrogen functional groups attached to an aromatic ring is 1. The molecule has 1 saturated heterocycles. The van der Waals surface area contributed by atoms with Crippen LogP contribution in [-0.4, -0.2) is 18.1 Å². The zero-order valence-electron chi connectivity index (χ0n) is 9.48. The van der Waals surface area contributed by atoms with Crippen LogP contribution in [0.2, 0.25) is 0 Å². The minimum atomic E-state index is 0.610. The molecule has 2 atom stereocenters. The molecule has 1 fully saturated rings. The summed E-state index contributed by atoms with van der Waals surface area (Å²) in [4.78, 5) is 6.43. The Bertz CT molecular complexity index is 337. The third-order valence-corrected chi connectivity index (χ3v) is 3.46. The first kappa shape index (κ1) is 10.3. The van der Waals surface area contributed by atoms with Gasteiger partial charge in [-0.3, -0.25) is 0 Å². The molecule has 0 amide bonds. The van der Waals surface area contributed by atoms with Crippen molar-refractivity contribution in [3.63, 3.8) is 0 Å². The van der Waals surface area contributed by atoms with E-state index in [2.05, 4.69) is 23.7 Å². The Hall–Kier alpha value is -1.25. The van der Waals surface area contributed by atoms with Gasteiger partial charge in [0.2, 0.25) is 0 Å². The molecule has 0 bridgehead atoms. The van der Waals surface area contributed by atoms with Crippen LogP contribution in [0.5, 0.6) is 0 Å². The van der Waals surface area contributed by atoms with Crippen molar-refractivity contribution in [2.24, 2.45) is 11.8 Å². The Morgan fingerprint density at radius 3 is 2.87 bits per heavy atom. The van der Waals surface area contributed by atoms with Crippen molar-refractivity contribution < 1.29 is 0 Å². The van der Waals surface area contributed by atoms with Crippen LogP contribution in [0, 0.1) is 11.8 Å². The summed E-state index contributed by atoms with van der Waals surface area (Å²) < 4.78 is 0. The third kappa shape index (κ3) is 2.22. The molecular formula is C12H19N3. The molecule has 0 saturated carbocycles. The minimum absolute atomic E-state index is 0.610. The molecule has 15 heavy (non-hydrogen) atoms. The van der Waals surface area contributed by atoms with Gasteiger partial charge in [-0.05, 0) is 24.3 Å². The van der Waals surface area contributed by atoms with Crippen LogP contribution in [0.25, 0.3) is 0 Å². The number of hydrogen-bond acceptors (Lipinski definition) is 3. The highest BCUT2D eigenvalue weighted by atomic mass is 15.1. The van der Waals surface area contributed by atoms with Crippen LogP contribution in [-0.2, 0) is 0 Å². The monoisotopic (exact) mass is 205 g/mol. The highest BCUT2D eigenvalue weighted by molar-refractivity contribution is 5.52. The van der Waals surface area contributed by atoms with Crippen molar-refractivity contribution in [1.29, 1.82) is 0 Å². The number of pyridine rings is 1. The van der Waals surface area contributed by atoms with Crippen molar-refractivity contribution in [2.75, 3.05) is 23.7 Å². The van der Waals surface area contributed by atoms with Gasteiger partial charge >= 0.3 is 0 Å². The molecule has 1 aliphatic heterocycles. The first-order valence-corrected chi connectivity index (χ1v) is 5.63. The van der Waals surface area contributed by atoms with Gasteiger partial charge in [-0.25, -0.2) is 4.98 Å². The van der Waals surface area contributed by atoms with E-state index in [-0.39, 0.29) is 0 Å². The van der Waals surface area contributed by atoms with Crippen LogP contribution in [0.3, 0.4) is 0 Å². The predicted octanol–water partition coefficient (Wildman–Crippen LogP) is 2.15. The standard InChI is InChI=1S/C12H19N3/c1-9-4-6-15(8-10(9)2)11-3-5-14-12(13)7-11/h3,5,7,9-10H,4,6,8H2,1-2H3,(H2,13,14).